The molecule has 7 heteroatoms. The van der Waals surface area contributed by atoms with Crippen LogP contribution in [-0.4, -0.2) is 72.6 Å². The fourth-order valence-corrected chi connectivity index (χ4v) is 5.02. The lowest BCUT2D eigenvalue weighted by Gasteiger charge is -2.39. The van der Waals surface area contributed by atoms with E-state index in [4.69, 9.17) is 4.74 Å². The number of rotatable bonds is 3. The van der Waals surface area contributed by atoms with E-state index in [0.29, 0.717) is 25.6 Å². The first kappa shape index (κ1) is 20.3. The maximum absolute atomic E-state index is 13.2. The van der Waals surface area contributed by atoms with Gasteiger partial charge in [-0.05, 0) is 44.7 Å². The van der Waals surface area contributed by atoms with Crippen LogP contribution in [0.15, 0.2) is 30.3 Å². The largest absolute Gasteiger partial charge is 0.372 e. The minimum Gasteiger partial charge on any atom is -0.372 e. The fourth-order valence-electron chi connectivity index (χ4n) is 5.02. The van der Waals surface area contributed by atoms with Crippen molar-refractivity contribution in [2.45, 2.75) is 44.9 Å². The van der Waals surface area contributed by atoms with Crippen LogP contribution >= 0.6 is 0 Å². The van der Waals surface area contributed by atoms with Crippen molar-refractivity contribution in [3.8, 4) is 0 Å². The number of benzene rings is 1. The summed E-state index contributed by atoms with van der Waals surface area (Å²) in [5.74, 6) is 0.645. The van der Waals surface area contributed by atoms with Crippen LogP contribution in [0.25, 0.3) is 0 Å². The molecule has 3 aliphatic heterocycles. The minimum atomic E-state index is -0.0612. The standard InChI is InChI=1S/C22H32N4O3/c1-15-13-26(14-16(2)29-15)22(28)19-12-23-24-20(19)17-8-10-25(11-9-17)21(27)18-6-4-3-5-7-18/h3-7,15-17,19-20,23-24H,8-14H2,1-2H3. The van der Waals surface area contributed by atoms with Gasteiger partial charge in [-0.1, -0.05) is 18.2 Å². The number of carbonyl (C=O) groups excluding carboxylic acids is 2. The highest BCUT2D eigenvalue weighted by atomic mass is 16.5. The van der Waals surface area contributed by atoms with Gasteiger partial charge in [0.25, 0.3) is 5.91 Å². The van der Waals surface area contributed by atoms with Gasteiger partial charge in [-0.15, -0.1) is 0 Å². The Kier molecular flexibility index (Phi) is 6.18. The van der Waals surface area contributed by atoms with Gasteiger partial charge in [0.2, 0.25) is 5.91 Å². The van der Waals surface area contributed by atoms with E-state index in [1.165, 1.54) is 0 Å². The van der Waals surface area contributed by atoms with Gasteiger partial charge in [-0.25, -0.2) is 0 Å². The Hall–Kier alpha value is -1.96. The first-order valence-electron chi connectivity index (χ1n) is 10.8. The quantitative estimate of drug-likeness (QED) is 0.799. The molecule has 0 bridgehead atoms. The van der Waals surface area contributed by atoms with Crippen LogP contribution in [-0.2, 0) is 9.53 Å². The van der Waals surface area contributed by atoms with Gasteiger partial charge in [-0.3, -0.25) is 20.4 Å². The van der Waals surface area contributed by atoms with Crippen molar-refractivity contribution in [1.29, 1.82) is 0 Å². The average molecular weight is 401 g/mol. The Morgan fingerprint density at radius 1 is 1.00 bits per heavy atom. The zero-order valence-corrected chi connectivity index (χ0v) is 17.3. The van der Waals surface area contributed by atoms with E-state index >= 15 is 0 Å². The second kappa shape index (κ2) is 8.81. The number of morpholine rings is 1. The highest BCUT2D eigenvalue weighted by Crippen LogP contribution is 2.29. The van der Waals surface area contributed by atoms with Crippen molar-refractivity contribution in [2.24, 2.45) is 11.8 Å². The second-order valence-corrected chi connectivity index (χ2v) is 8.65. The van der Waals surface area contributed by atoms with Gasteiger partial charge in [0, 0.05) is 44.3 Å². The zero-order chi connectivity index (χ0) is 20.4. The maximum Gasteiger partial charge on any atom is 0.253 e. The zero-order valence-electron chi connectivity index (χ0n) is 17.3. The maximum atomic E-state index is 13.2. The molecule has 0 saturated carbocycles. The third-order valence-electron chi connectivity index (χ3n) is 6.43. The van der Waals surface area contributed by atoms with E-state index in [9.17, 15) is 9.59 Å². The molecule has 3 saturated heterocycles. The van der Waals surface area contributed by atoms with Gasteiger partial charge in [0.15, 0.2) is 0 Å². The molecule has 3 aliphatic rings. The molecular weight excluding hydrogens is 368 g/mol. The lowest BCUT2D eigenvalue weighted by molar-refractivity contribution is -0.147. The molecule has 4 rings (SSSR count). The minimum absolute atomic E-state index is 0.0612. The molecule has 7 nitrogen and oxygen atoms in total. The summed E-state index contributed by atoms with van der Waals surface area (Å²) >= 11 is 0. The number of piperidine rings is 1. The molecule has 0 spiro atoms. The number of hydrogen-bond acceptors (Lipinski definition) is 5. The molecule has 0 radical (unpaired) electrons. The normalized spacial score (nSPS) is 31.1. The van der Waals surface area contributed by atoms with Crippen LogP contribution < -0.4 is 10.9 Å². The first-order valence-corrected chi connectivity index (χ1v) is 10.8. The summed E-state index contributed by atoms with van der Waals surface area (Å²) in [6, 6.07) is 9.58. The Labute approximate surface area is 172 Å². The van der Waals surface area contributed by atoms with Crippen molar-refractivity contribution in [3.05, 3.63) is 35.9 Å². The van der Waals surface area contributed by atoms with Crippen molar-refractivity contribution in [2.75, 3.05) is 32.7 Å². The third-order valence-corrected chi connectivity index (χ3v) is 6.43. The molecule has 2 amide bonds. The number of likely N-dealkylation sites (tertiary alicyclic amines) is 1. The van der Waals surface area contributed by atoms with E-state index in [0.717, 1.165) is 31.5 Å². The molecule has 1 aromatic rings. The molecule has 4 unspecified atom stereocenters. The Balaban J connectivity index is 1.35. The monoisotopic (exact) mass is 400 g/mol. The fraction of sp³-hybridized carbons (Fsp3) is 0.636. The highest BCUT2D eigenvalue weighted by Gasteiger charge is 2.42. The molecule has 2 N–H and O–H groups in total. The molecule has 3 heterocycles. The van der Waals surface area contributed by atoms with Crippen molar-refractivity contribution in [1.82, 2.24) is 20.7 Å². The lowest BCUT2D eigenvalue weighted by atomic mass is 9.82. The van der Waals surface area contributed by atoms with Crippen LogP contribution in [0.1, 0.15) is 37.0 Å². The molecule has 29 heavy (non-hydrogen) atoms. The first-order chi connectivity index (χ1) is 14.0. The predicted molar refractivity (Wildman–Crippen MR) is 110 cm³/mol. The summed E-state index contributed by atoms with van der Waals surface area (Å²) in [5, 5.41) is 0. The number of nitrogens with one attached hydrogen (secondary N) is 2. The Morgan fingerprint density at radius 3 is 2.31 bits per heavy atom. The SMILES string of the molecule is CC1CN(C(=O)C2CNNC2C2CCN(C(=O)c3ccccc3)CC2)CC(C)O1. The average Bonchev–Trinajstić information content (AvgIpc) is 3.22. The summed E-state index contributed by atoms with van der Waals surface area (Å²) in [7, 11) is 0. The molecule has 0 aliphatic carbocycles. The second-order valence-electron chi connectivity index (χ2n) is 8.65. The van der Waals surface area contributed by atoms with E-state index in [1.54, 1.807) is 0 Å². The summed E-state index contributed by atoms with van der Waals surface area (Å²) in [6.45, 7) is 7.52. The highest BCUT2D eigenvalue weighted by molar-refractivity contribution is 5.94. The van der Waals surface area contributed by atoms with Crippen LogP contribution in [0, 0.1) is 11.8 Å². The summed E-state index contributed by atoms with van der Waals surface area (Å²) in [4.78, 5) is 29.8. The van der Waals surface area contributed by atoms with Crippen molar-refractivity contribution >= 4 is 11.8 Å². The lowest BCUT2D eigenvalue weighted by Crippen LogP contribution is -2.53. The van der Waals surface area contributed by atoms with Crippen LogP contribution in [0.4, 0.5) is 0 Å². The van der Waals surface area contributed by atoms with E-state index < -0.39 is 0 Å². The van der Waals surface area contributed by atoms with Crippen LogP contribution in [0.3, 0.4) is 0 Å². The van der Waals surface area contributed by atoms with E-state index in [-0.39, 0.29) is 36.0 Å². The Morgan fingerprint density at radius 2 is 1.66 bits per heavy atom. The molecule has 158 valence electrons. The number of amides is 2. The van der Waals surface area contributed by atoms with Crippen LogP contribution in [0.5, 0.6) is 0 Å². The van der Waals surface area contributed by atoms with Gasteiger partial charge in [0.05, 0.1) is 18.1 Å². The molecule has 0 aromatic heterocycles. The molecular formula is C22H32N4O3. The number of nitrogens with zero attached hydrogens (tertiary/aromatic N) is 2. The molecule has 1 aromatic carbocycles. The summed E-state index contributed by atoms with van der Waals surface area (Å²) < 4.78 is 5.78. The summed E-state index contributed by atoms with van der Waals surface area (Å²) in [5.41, 5.74) is 7.32. The molecule has 3 fully saturated rings. The van der Waals surface area contributed by atoms with E-state index in [2.05, 4.69) is 10.9 Å². The van der Waals surface area contributed by atoms with Crippen molar-refractivity contribution in [3.63, 3.8) is 0 Å². The summed E-state index contributed by atoms with van der Waals surface area (Å²) in [6.07, 6.45) is 1.99. The van der Waals surface area contributed by atoms with Crippen LogP contribution in [0.2, 0.25) is 0 Å². The topological polar surface area (TPSA) is 73.9 Å². The molecule has 4 atom stereocenters. The van der Waals surface area contributed by atoms with Gasteiger partial charge in [0.1, 0.15) is 0 Å². The number of hydrogen-bond donors (Lipinski definition) is 2. The Bertz CT molecular complexity index is 710. The smallest absolute Gasteiger partial charge is 0.253 e. The number of carbonyl (C=O) groups is 2. The number of hydrazine groups is 1. The van der Waals surface area contributed by atoms with Gasteiger partial charge < -0.3 is 14.5 Å². The van der Waals surface area contributed by atoms with E-state index in [1.807, 2.05) is 54.0 Å². The van der Waals surface area contributed by atoms with Gasteiger partial charge in [-0.2, -0.15) is 0 Å². The van der Waals surface area contributed by atoms with Crippen molar-refractivity contribution < 1.29 is 14.3 Å². The van der Waals surface area contributed by atoms with Gasteiger partial charge >= 0.3 is 0 Å². The number of ether oxygens (including phenoxy) is 1. The predicted octanol–water partition coefficient (Wildman–Crippen LogP) is 1.27. The third kappa shape index (κ3) is 4.47.